The summed E-state index contributed by atoms with van der Waals surface area (Å²) >= 11 is 0. The van der Waals surface area contributed by atoms with Gasteiger partial charge in [0.05, 0.1) is 0 Å². The van der Waals surface area contributed by atoms with Crippen LogP contribution in [0.3, 0.4) is 0 Å². The van der Waals surface area contributed by atoms with Gasteiger partial charge >= 0.3 is 0 Å². The number of hydrogen-bond acceptors (Lipinski definition) is 2. The molecule has 82 valence electrons. The van der Waals surface area contributed by atoms with E-state index in [4.69, 9.17) is 0 Å². The summed E-state index contributed by atoms with van der Waals surface area (Å²) < 4.78 is 0. The molecular weight excluding hydrogens is 200 g/mol. The van der Waals surface area contributed by atoms with Crippen molar-refractivity contribution in [2.75, 3.05) is 0 Å². The predicted octanol–water partition coefficient (Wildman–Crippen LogP) is 3.07. The molecule has 16 heavy (non-hydrogen) atoms. The van der Waals surface area contributed by atoms with E-state index >= 15 is 0 Å². The van der Waals surface area contributed by atoms with Gasteiger partial charge in [0.25, 0.3) is 0 Å². The molecule has 2 heteroatoms. The molecule has 0 amide bonds. The Morgan fingerprint density at radius 3 is 2.50 bits per heavy atom. The highest BCUT2D eigenvalue weighted by Crippen LogP contribution is 2.27. The van der Waals surface area contributed by atoms with Gasteiger partial charge in [-0.3, -0.25) is 0 Å². The first-order valence-electron chi connectivity index (χ1n) is 5.37. The second-order valence-electron chi connectivity index (χ2n) is 3.99. The van der Waals surface area contributed by atoms with Crippen molar-refractivity contribution in [1.82, 2.24) is 0 Å². The third-order valence-corrected chi connectivity index (χ3v) is 2.74. The third kappa shape index (κ3) is 2.06. The second kappa shape index (κ2) is 4.35. The zero-order valence-corrected chi connectivity index (χ0v) is 9.23. The SMILES string of the molecule is CC(=O)CCc1ccc(O)c2ccccc12. The summed E-state index contributed by atoms with van der Waals surface area (Å²) in [4.78, 5) is 11.0. The fraction of sp³-hybridized carbons (Fsp3) is 0.214. The molecule has 2 nitrogen and oxygen atoms in total. The molecule has 0 saturated heterocycles. The third-order valence-electron chi connectivity index (χ3n) is 2.74. The highest BCUT2D eigenvalue weighted by Gasteiger charge is 2.05. The number of carbonyl (C=O) groups excluding carboxylic acids is 1. The van der Waals surface area contributed by atoms with E-state index in [1.54, 1.807) is 13.0 Å². The number of benzene rings is 2. The molecule has 0 heterocycles. The zero-order valence-electron chi connectivity index (χ0n) is 9.23. The second-order valence-corrected chi connectivity index (χ2v) is 3.99. The van der Waals surface area contributed by atoms with Crippen LogP contribution in [-0.2, 0) is 11.2 Å². The van der Waals surface area contributed by atoms with E-state index in [1.807, 2.05) is 30.3 Å². The maximum atomic E-state index is 11.0. The molecule has 0 saturated carbocycles. The lowest BCUT2D eigenvalue weighted by Crippen LogP contribution is -1.94. The Balaban J connectivity index is 2.46. The number of phenolic OH excluding ortho intramolecular Hbond substituents is 1. The van der Waals surface area contributed by atoms with Crippen LogP contribution in [0.15, 0.2) is 36.4 Å². The van der Waals surface area contributed by atoms with Crippen molar-refractivity contribution in [3.05, 3.63) is 42.0 Å². The van der Waals surface area contributed by atoms with Gasteiger partial charge in [-0.15, -0.1) is 0 Å². The van der Waals surface area contributed by atoms with Crippen LogP contribution in [0.1, 0.15) is 18.9 Å². The van der Waals surface area contributed by atoms with Crippen molar-refractivity contribution in [2.24, 2.45) is 0 Å². The van der Waals surface area contributed by atoms with E-state index < -0.39 is 0 Å². The summed E-state index contributed by atoms with van der Waals surface area (Å²) in [7, 11) is 0. The van der Waals surface area contributed by atoms with Crippen LogP contribution in [-0.4, -0.2) is 10.9 Å². The number of hydrogen-bond donors (Lipinski definition) is 1. The van der Waals surface area contributed by atoms with Crippen LogP contribution in [0.5, 0.6) is 5.75 Å². The Bertz CT molecular complexity index is 529. The Hall–Kier alpha value is -1.83. The van der Waals surface area contributed by atoms with Crippen molar-refractivity contribution in [3.63, 3.8) is 0 Å². The Morgan fingerprint density at radius 1 is 1.12 bits per heavy atom. The van der Waals surface area contributed by atoms with Gasteiger partial charge in [-0.1, -0.05) is 30.3 Å². The molecule has 1 N–H and O–H groups in total. The molecule has 0 aliphatic rings. The van der Waals surface area contributed by atoms with Crippen molar-refractivity contribution in [1.29, 1.82) is 0 Å². The molecule has 0 bridgehead atoms. The van der Waals surface area contributed by atoms with Crippen LogP contribution >= 0.6 is 0 Å². The fourth-order valence-corrected chi connectivity index (χ4v) is 1.87. The van der Waals surface area contributed by atoms with Gasteiger partial charge in [-0.2, -0.15) is 0 Å². The van der Waals surface area contributed by atoms with Crippen molar-refractivity contribution in [2.45, 2.75) is 19.8 Å². The average Bonchev–Trinajstić information content (AvgIpc) is 2.28. The molecule has 0 fully saturated rings. The minimum atomic E-state index is 0.192. The highest BCUT2D eigenvalue weighted by atomic mass is 16.3. The van der Waals surface area contributed by atoms with Gasteiger partial charge in [-0.25, -0.2) is 0 Å². The van der Waals surface area contributed by atoms with Gasteiger partial charge in [0.15, 0.2) is 0 Å². The van der Waals surface area contributed by atoms with Gasteiger partial charge < -0.3 is 9.90 Å². The van der Waals surface area contributed by atoms with Gasteiger partial charge in [0.2, 0.25) is 0 Å². The maximum absolute atomic E-state index is 11.0. The molecule has 0 aliphatic carbocycles. The summed E-state index contributed by atoms with van der Waals surface area (Å²) in [6, 6.07) is 11.3. The first-order valence-corrected chi connectivity index (χ1v) is 5.37. The van der Waals surface area contributed by atoms with E-state index in [0.717, 1.165) is 22.8 Å². The maximum Gasteiger partial charge on any atom is 0.130 e. The Morgan fingerprint density at radius 2 is 1.81 bits per heavy atom. The summed E-state index contributed by atoms with van der Waals surface area (Å²) in [5, 5.41) is 11.6. The largest absolute Gasteiger partial charge is 0.507 e. The molecule has 0 spiro atoms. The first-order chi connectivity index (χ1) is 7.68. The Kier molecular flexibility index (Phi) is 2.91. The van der Waals surface area contributed by atoms with E-state index in [-0.39, 0.29) is 5.78 Å². The molecule has 0 aromatic heterocycles. The summed E-state index contributed by atoms with van der Waals surface area (Å²) in [6.07, 6.45) is 1.28. The standard InChI is InChI=1S/C14H14O2/c1-10(15)6-7-11-8-9-14(16)13-5-3-2-4-12(11)13/h2-5,8-9,16H,6-7H2,1H3. The zero-order chi connectivity index (χ0) is 11.5. The van der Waals surface area contributed by atoms with Crippen molar-refractivity contribution >= 4 is 16.6 Å². The minimum absolute atomic E-state index is 0.192. The van der Waals surface area contributed by atoms with Crippen LogP contribution < -0.4 is 0 Å². The van der Waals surface area contributed by atoms with Crippen LogP contribution in [0, 0.1) is 0 Å². The summed E-state index contributed by atoms with van der Waals surface area (Å²) in [5.74, 6) is 0.485. The monoisotopic (exact) mass is 214 g/mol. The molecule has 2 aromatic rings. The van der Waals surface area contributed by atoms with Crippen LogP contribution in [0.25, 0.3) is 10.8 Å². The highest BCUT2D eigenvalue weighted by molar-refractivity contribution is 5.91. The van der Waals surface area contributed by atoms with E-state index in [9.17, 15) is 9.90 Å². The molecule has 0 aliphatic heterocycles. The normalized spacial score (nSPS) is 10.6. The van der Waals surface area contributed by atoms with Gasteiger partial charge in [0, 0.05) is 11.8 Å². The summed E-state index contributed by atoms with van der Waals surface area (Å²) in [6.45, 7) is 1.60. The van der Waals surface area contributed by atoms with E-state index in [1.165, 1.54) is 0 Å². The minimum Gasteiger partial charge on any atom is -0.507 e. The lowest BCUT2D eigenvalue weighted by Gasteiger charge is -2.07. The summed E-state index contributed by atoms with van der Waals surface area (Å²) in [5.41, 5.74) is 1.11. The number of aromatic hydroxyl groups is 1. The molecule has 2 aromatic carbocycles. The quantitative estimate of drug-likeness (QED) is 0.852. The van der Waals surface area contributed by atoms with E-state index in [2.05, 4.69) is 0 Å². The lowest BCUT2D eigenvalue weighted by molar-refractivity contribution is -0.116. The predicted molar refractivity (Wildman–Crippen MR) is 64.6 cm³/mol. The molecule has 2 rings (SSSR count). The van der Waals surface area contributed by atoms with Gasteiger partial charge in [0.1, 0.15) is 11.5 Å². The number of rotatable bonds is 3. The average molecular weight is 214 g/mol. The lowest BCUT2D eigenvalue weighted by atomic mass is 9.99. The molecule has 0 radical (unpaired) electrons. The van der Waals surface area contributed by atoms with Gasteiger partial charge in [-0.05, 0) is 30.4 Å². The number of aryl methyl sites for hydroxylation is 1. The van der Waals surface area contributed by atoms with Crippen LogP contribution in [0.4, 0.5) is 0 Å². The Labute approximate surface area is 94.5 Å². The number of carbonyl (C=O) groups is 1. The number of fused-ring (bicyclic) bond motifs is 1. The van der Waals surface area contributed by atoms with E-state index in [0.29, 0.717) is 12.2 Å². The smallest absolute Gasteiger partial charge is 0.130 e. The first kappa shape index (κ1) is 10.7. The molecule has 0 unspecified atom stereocenters. The number of phenols is 1. The van der Waals surface area contributed by atoms with Crippen molar-refractivity contribution in [3.8, 4) is 5.75 Å². The molecule has 0 atom stereocenters. The topological polar surface area (TPSA) is 37.3 Å². The van der Waals surface area contributed by atoms with Crippen LogP contribution in [0.2, 0.25) is 0 Å². The van der Waals surface area contributed by atoms with Crippen molar-refractivity contribution < 1.29 is 9.90 Å². The molecular formula is C14H14O2. The number of Topliss-reactive ketones (excluding diaryl/α,β-unsaturated/α-hetero) is 1. The number of ketones is 1. The fourth-order valence-electron chi connectivity index (χ4n) is 1.87.